The summed E-state index contributed by atoms with van der Waals surface area (Å²) in [6.07, 6.45) is 1.90. The number of benzene rings is 1. The highest BCUT2D eigenvalue weighted by Crippen LogP contribution is 2.44. The smallest absolute Gasteiger partial charge is 0.251 e. The molecule has 1 amide bonds. The Bertz CT molecular complexity index is 385. The maximum Gasteiger partial charge on any atom is 0.251 e. The molecule has 1 aromatic carbocycles. The highest BCUT2D eigenvalue weighted by atomic mass is 19.1. The summed E-state index contributed by atoms with van der Waals surface area (Å²) in [5, 5.41) is 11.8. The molecular weight excluding hydrogens is 209 g/mol. The number of hydrogen-bond donors (Lipinski definition) is 2. The first-order valence-electron chi connectivity index (χ1n) is 5.30. The lowest BCUT2D eigenvalue weighted by Crippen LogP contribution is -2.31. The lowest BCUT2D eigenvalue weighted by molar-refractivity contribution is 0.0935. The quantitative estimate of drug-likeness (QED) is 0.809. The molecule has 1 fully saturated rings. The van der Waals surface area contributed by atoms with Crippen molar-refractivity contribution >= 4 is 5.91 Å². The highest BCUT2D eigenvalue weighted by Gasteiger charge is 2.42. The molecule has 2 rings (SSSR count). The molecule has 1 aliphatic carbocycles. The minimum atomic E-state index is -0.356. The van der Waals surface area contributed by atoms with Crippen LogP contribution in [0.15, 0.2) is 24.3 Å². The van der Waals surface area contributed by atoms with E-state index in [1.165, 1.54) is 24.3 Å². The summed E-state index contributed by atoms with van der Waals surface area (Å²) in [6.45, 7) is 0.594. The van der Waals surface area contributed by atoms with E-state index in [-0.39, 0.29) is 23.7 Å². The van der Waals surface area contributed by atoms with Gasteiger partial charge in [0.2, 0.25) is 0 Å². The third kappa shape index (κ3) is 2.39. The van der Waals surface area contributed by atoms with Crippen LogP contribution in [-0.2, 0) is 0 Å². The first-order valence-corrected chi connectivity index (χ1v) is 5.30. The molecule has 1 saturated carbocycles. The SMILES string of the molecule is O=C(NCC1(CO)CC1)c1ccc(F)cc1. The zero-order valence-corrected chi connectivity index (χ0v) is 8.87. The third-order valence-electron chi connectivity index (χ3n) is 3.02. The molecule has 0 spiro atoms. The lowest BCUT2D eigenvalue weighted by atomic mass is 10.1. The molecule has 1 aromatic rings. The first-order chi connectivity index (χ1) is 7.65. The second-order valence-corrected chi connectivity index (χ2v) is 4.35. The molecule has 0 unspecified atom stereocenters. The third-order valence-corrected chi connectivity index (χ3v) is 3.02. The summed E-state index contributed by atoms with van der Waals surface area (Å²) in [4.78, 5) is 11.6. The van der Waals surface area contributed by atoms with Crippen molar-refractivity contribution in [2.75, 3.05) is 13.2 Å². The van der Waals surface area contributed by atoms with Crippen molar-refractivity contribution in [3.8, 4) is 0 Å². The maximum atomic E-state index is 12.6. The van der Waals surface area contributed by atoms with Gasteiger partial charge in [0.05, 0.1) is 6.61 Å². The van der Waals surface area contributed by atoms with Gasteiger partial charge in [-0.2, -0.15) is 0 Å². The molecule has 3 nitrogen and oxygen atoms in total. The Morgan fingerprint density at radius 2 is 2.00 bits per heavy atom. The van der Waals surface area contributed by atoms with E-state index < -0.39 is 0 Å². The van der Waals surface area contributed by atoms with Crippen LogP contribution in [0.2, 0.25) is 0 Å². The number of halogens is 1. The second kappa shape index (κ2) is 4.22. The first kappa shape index (κ1) is 11.1. The molecule has 0 aliphatic heterocycles. The molecule has 0 atom stereocenters. The highest BCUT2D eigenvalue weighted by molar-refractivity contribution is 5.94. The van der Waals surface area contributed by atoms with Gasteiger partial charge in [-0.15, -0.1) is 0 Å². The number of amides is 1. The van der Waals surface area contributed by atoms with Crippen LogP contribution in [0.5, 0.6) is 0 Å². The fraction of sp³-hybridized carbons (Fsp3) is 0.417. The number of carbonyl (C=O) groups excluding carboxylic acids is 1. The van der Waals surface area contributed by atoms with Crippen molar-refractivity contribution in [2.45, 2.75) is 12.8 Å². The van der Waals surface area contributed by atoms with Gasteiger partial charge in [-0.25, -0.2) is 4.39 Å². The summed E-state index contributed by atoms with van der Waals surface area (Å²) in [5.41, 5.74) is 0.338. The van der Waals surface area contributed by atoms with Crippen LogP contribution in [0.4, 0.5) is 4.39 Å². The Labute approximate surface area is 93.3 Å². The summed E-state index contributed by atoms with van der Waals surface area (Å²) in [5.74, 6) is -0.578. The molecule has 1 aliphatic rings. The Morgan fingerprint density at radius 1 is 1.38 bits per heavy atom. The molecular formula is C12H14FNO2. The van der Waals surface area contributed by atoms with Crippen LogP contribution in [-0.4, -0.2) is 24.2 Å². The van der Waals surface area contributed by atoms with E-state index in [9.17, 15) is 9.18 Å². The second-order valence-electron chi connectivity index (χ2n) is 4.35. The van der Waals surface area contributed by atoms with Crippen LogP contribution in [0.3, 0.4) is 0 Å². The Kier molecular flexibility index (Phi) is 2.92. The zero-order valence-electron chi connectivity index (χ0n) is 8.87. The molecule has 0 radical (unpaired) electrons. The van der Waals surface area contributed by atoms with Crippen LogP contribution < -0.4 is 5.32 Å². The van der Waals surface area contributed by atoms with Crippen molar-refractivity contribution in [1.82, 2.24) is 5.32 Å². The van der Waals surface area contributed by atoms with Gasteiger partial charge in [-0.3, -0.25) is 4.79 Å². The predicted octanol–water partition coefficient (Wildman–Crippen LogP) is 1.33. The lowest BCUT2D eigenvalue weighted by Gasteiger charge is -2.12. The monoisotopic (exact) mass is 223 g/mol. The number of aliphatic hydroxyl groups is 1. The molecule has 0 heterocycles. The number of carbonyl (C=O) groups is 1. The standard InChI is InChI=1S/C12H14FNO2/c13-10-3-1-9(2-4-10)11(16)14-7-12(8-15)5-6-12/h1-4,15H,5-8H2,(H,14,16). The van der Waals surface area contributed by atoms with Crippen molar-refractivity contribution in [3.63, 3.8) is 0 Å². The summed E-state index contributed by atoms with van der Waals surface area (Å²) < 4.78 is 12.6. The Balaban J connectivity index is 1.91. The van der Waals surface area contributed by atoms with Crippen LogP contribution in [0, 0.1) is 11.2 Å². The van der Waals surface area contributed by atoms with E-state index in [0.29, 0.717) is 12.1 Å². The summed E-state index contributed by atoms with van der Waals surface area (Å²) in [7, 11) is 0. The Hall–Kier alpha value is -1.42. The van der Waals surface area contributed by atoms with E-state index in [0.717, 1.165) is 12.8 Å². The summed E-state index contributed by atoms with van der Waals surface area (Å²) in [6, 6.07) is 5.41. The van der Waals surface area contributed by atoms with Crippen LogP contribution in [0.1, 0.15) is 23.2 Å². The molecule has 4 heteroatoms. The van der Waals surface area contributed by atoms with E-state index in [2.05, 4.69) is 5.32 Å². The van der Waals surface area contributed by atoms with Gasteiger partial charge in [-0.1, -0.05) is 0 Å². The molecule has 86 valence electrons. The Morgan fingerprint density at radius 3 is 2.50 bits per heavy atom. The fourth-order valence-electron chi connectivity index (χ4n) is 1.54. The van der Waals surface area contributed by atoms with Gasteiger partial charge in [0, 0.05) is 17.5 Å². The van der Waals surface area contributed by atoms with Crippen LogP contribution >= 0.6 is 0 Å². The molecule has 0 bridgehead atoms. The van der Waals surface area contributed by atoms with E-state index in [4.69, 9.17) is 5.11 Å². The maximum absolute atomic E-state index is 12.6. The molecule has 0 aromatic heterocycles. The van der Waals surface area contributed by atoms with Crippen molar-refractivity contribution in [1.29, 1.82) is 0 Å². The van der Waals surface area contributed by atoms with Crippen molar-refractivity contribution in [3.05, 3.63) is 35.6 Å². The fourth-order valence-corrected chi connectivity index (χ4v) is 1.54. The van der Waals surface area contributed by atoms with Gasteiger partial charge in [-0.05, 0) is 37.1 Å². The van der Waals surface area contributed by atoms with Gasteiger partial charge < -0.3 is 10.4 Å². The minimum absolute atomic E-state index is 0.101. The predicted molar refractivity (Wildman–Crippen MR) is 57.5 cm³/mol. The average Bonchev–Trinajstić information content (AvgIpc) is 3.08. The van der Waals surface area contributed by atoms with E-state index in [1.807, 2.05) is 0 Å². The number of rotatable bonds is 4. The topological polar surface area (TPSA) is 49.3 Å². The van der Waals surface area contributed by atoms with Gasteiger partial charge >= 0.3 is 0 Å². The van der Waals surface area contributed by atoms with Crippen molar-refractivity contribution < 1.29 is 14.3 Å². The minimum Gasteiger partial charge on any atom is -0.396 e. The number of nitrogens with one attached hydrogen (secondary N) is 1. The van der Waals surface area contributed by atoms with Gasteiger partial charge in [0.1, 0.15) is 5.82 Å². The van der Waals surface area contributed by atoms with E-state index in [1.54, 1.807) is 0 Å². The van der Waals surface area contributed by atoms with E-state index >= 15 is 0 Å². The molecule has 2 N–H and O–H groups in total. The summed E-state index contributed by atoms with van der Waals surface area (Å²) >= 11 is 0. The van der Waals surface area contributed by atoms with Gasteiger partial charge in [0.25, 0.3) is 5.91 Å². The largest absolute Gasteiger partial charge is 0.396 e. The van der Waals surface area contributed by atoms with Gasteiger partial charge in [0.15, 0.2) is 0 Å². The normalized spacial score (nSPS) is 16.9. The molecule has 0 saturated heterocycles. The number of aliphatic hydroxyl groups excluding tert-OH is 1. The molecule has 16 heavy (non-hydrogen) atoms. The average molecular weight is 223 g/mol. The number of hydrogen-bond acceptors (Lipinski definition) is 2. The van der Waals surface area contributed by atoms with Crippen molar-refractivity contribution in [2.24, 2.45) is 5.41 Å². The zero-order chi connectivity index (χ0) is 11.6. The van der Waals surface area contributed by atoms with Crippen LogP contribution in [0.25, 0.3) is 0 Å².